The van der Waals surface area contributed by atoms with Crippen LogP contribution in [0.4, 0.5) is 38.1 Å². The minimum absolute atomic E-state index is 0.155. The summed E-state index contributed by atoms with van der Waals surface area (Å²) in [7, 11) is 0. The molecule has 1 N–H and O–H groups in total. The standard InChI is InChI=1S/C18H14F5N3O2/c19-14-6-5-13(9-15(14)20)26-8-7-25(17(26)28)10-16(27)24-12-3-1-11(2-4-12)18(21,22)23/h1-6,9H,7-8,10H2,(H,24,27). The Kier molecular flexibility index (Phi) is 5.21. The number of halogens is 5. The third-order valence-corrected chi connectivity index (χ3v) is 4.14. The first kappa shape index (κ1) is 19.6. The van der Waals surface area contributed by atoms with E-state index in [1.54, 1.807) is 0 Å². The molecule has 1 aliphatic rings. The third-order valence-electron chi connectivity index (χ3n) is 4.14. The number of amides is 3. The lowest BCUT2D eigenvalue weighted by atomic mass is 10.2. The predicted octanol–water partition coefficient (Wildman–Crippen LogP) is 3.86. The van der Waals surface area contributed by atoms with E-state index in [4.69, 9.17) is 0 Å². The normalized spacial score (nSPS) is 14.5. The van der Waals surface area contributed by atoms with E-state index in [0.717, 1.165) is 36.4 Å². The molecule has 5 nitrogen and oxygen atoms in total. The van der Waals surface area contributed by atoms with E-state index >= 15 is 0 Å². The van der Waals surface area contributed by atoms with Gasteiger partial charge >= 0.3 is 12.2 Å². The highest BCUT2D eigenvalue weighted by Crippen LogP contribution is 2.30. The summed E-state index contributed by atoms with van der Waals surface area (Å²) in [6.45, 7) is 0.0236. The maximum Gasteiger partial charge on any atom is 0.416 e. The first-order valence-corrected chi connectivity index (χ1v) is 8.14. The summed E-state index contributed by atoms with van der Waals surface area (Å²) in [5, 5.41) is 2.41. The Balaban J connectivity index is 1.60. The van der Waals surface area contributed by atoms with Crippen LogP contribution in [0, 0.1) is 11.6 Å². The number of benzene rings is 2. The number of urea groups is 1. The molecule has 1 heterocycles. The van der Waals surface area contributed by atoms with Gasteiger partial charge in [-0.2, -0.15) is 13.2 Å². The second-order valence-electron chi connectivity index (χ2n) is 6.08. The van der Waals surface area contributed by atoms with E-state index in [-0.39, 0.29) is 31.0 Å². The molecule has 3 amide bonds. The van der Waals surface area contributed by atoms with Gasteiger partial charge in [-0.1, -0.05) is 0 Å². The summed E-state index contributed by atoms with van der Waals surface area (Å²) < 4.78 is 64.0. The van der Waals surface area contributed by atoms with Crippen LogP contribution in [-0.2, 0) is 11.0 Å². The first-order valence-electron chi connectivity index (χ1n) is 8.14. The van der Waals surface area contributed by atoms with Crippen molar-refractivity contribution in [1.29, 1.82) is 0 Å². The summed E-state index contributed by atoms with van der Waals surface area (Å²) in [6.07, 6.45) is -4.48. The molecule has 10 heteroatoms. The van der Waals surface area contributed by atoms with Crippen molar-refractivity contribution in [3.05, 3.63) is 59.7 Å². The van der Waals surface area contributed by atoms with Gasteiger partial charge in [0, 0.05) is 30.5 Å². The Morgan fingerprint density at radius 1 is 1.00 bits per heavy atom. The quantitative estimate of drug-likeness (QED) is 0.794. The van der Waals surface area contributed by atoms with Gasteiger partial charge in [0.25, 0.3) is 0 Å². The second-order valence-corrected chi connectivity index (χ2v) is 6.08. The number of nitrogens with one attached hydrogen (secondary N) is 1. The van der Waals surface area contributed by atoms with Crippen LogP contribution in [0.3, 0.4) is 0 Å². The summed E-state index contributed by atoms with van der Waals surface area (Å²) in [6, 6.07) is 6.37. The fourth-order valence-corrected chi connectivity index (χ4v) is 2.74. The van der Waals surface area contributed by atoms with Crippen molar-refractivity contribution >= 4 is 23.3 Å². The zero-order valence-electron chi connectivity index (χ0n) is 14.3. The number of hydrogen-bond donors (Lipinski definition) is 1. The Morgan fingerprint density at radius 2 is 1.68 bits per heavy atom. The summed E-state index contributed by atoms with van der Waals surface area (Å²) in [5.41, 5.74) is -0.529. The molecule has 3 rings (SSSR count). The fourth-order valence-electron chi connectivity index (χ4n) is 2.74. The van der Waals surface area contributed by atoms with Crippen molar-refractivity contribution in [2.45, 2.75) is 6.18 Å². The molecule has 0 bridgehead atoms. The Bertz CT molecular complexity index is 899. The minimum atomic E-state index is -4.48. The first-order chi connectivity index (χ1) is 13.1. The fraction of sp³-hybridized carbons (Fsp3) is 0.222. The van der Waals surface area contributed by atoms with Gasteiger partial charge in [-0.3, -0.25) is 9.69 Å². The van der Waals surface area contributed by atoms with Gasteiger partial charge in [-0.05, 0) is 36.4 Å². The molecule has 0 atom stereocenters. The largest absolute Gasteiger partial charge is 0.416 e. The Hall–Kier alpha value is -3.17. The van der Waals surface area contributed by atoms with E-state index in [0.29, 0.717) is 0 Å². The molecule has 0 radical (unpaired) electrons. The van der Waals surface area contributed by atoms with Crippen LogP contribution in [-0.4, -0.2) is 36.5 Å². The van der Waals surface area contributed by atoms with Gasteiger partial charge in [0.2, 0.25) is 5.91 Å². The predicted molar refractivity (Wildman–Crippen MR) is 90.7 cm³/mol. The molecule has 1 fully saturated rings. The van der Waals surface area contributed by atoms with Gasteiger partial charge in [-0.25, -0.2) is 13.6 Å². The molecule has 2 aromatic rings. The monoisotopic (exact) mass is 399 g/mol. The average Bonchev–Trinajstić information content (AvgIpc) is 2.97. The van der Waals surface area contributed by atoms with Crippen molar-refractivity contribution in [1.82, 2.24) is 4.90 Å². The topological polar surface area (TPSA) is 52.7 Å². The SMILES string of the molecule is O=C(CN1CCN(c2ccc(F)c(F)c2)C1=O)Nc1ccc(C(F)(F)F)cc1. The molecular formula is C18H14F5N3O2. The van der Waals surface area contributed by atoms with Crippen LogP contribution in [0.1, 0.15) is 5.56 Å². The number of carbonyl (C=O) groups excluding carboxylic acids is 2. The van der Waals surface area contributed by atoms with E-state index in [9.17, 15) is 31.5 Å². The molecule has 28 heavy (non-hydrogen) atoms. The minimum Gasteiger partial charge on any atom is -0.325 e. The highest BCUT2D eigenvalue weighted by molar-refractivity contribution is 5.99. The van der Waals surface area contributed by atoms with E-state index < -0.39 is 35.3 Å². The molecule has 1 saturated heterocycles. The Morgan fingerprint density at radius 3 is 2.29 bits per heavy atom. The smallest absolute Gasteiger partial charge is 0.325 e. The molecule has 0 unspecified atom stereocenters. The van der Waals surface area contributed by atoms with Gasteiger partial charge in [0.05, 0.1) is 5.56 Å². The number of hydrogen-bond acceptors (Lipinski definition) is 2. The van der Waals surface area contributed by atoms with Crippen LogP contribution in [0.15, 0.2) is 42.5 Å². The Labute approximate surface area is 156 Å². The zero-order valence-corrected chi connectivity index (χ0v) is 14.3. The van der Waals surface area contributed by atoms with Crippen LogP contribution >= 0.6 is 0 Å². The molecule has 148 valence electrons. The van der Waals surface area contributed by atoms with E-state index in [2.05, 4.69) is 5.32 Å². The van der Waals surface area contributed by atoms with Crippen LogP contribution < -0.4 is 10.2 Å². The molecule has 0 saturated carbocycles. The third kappa shape index (κ3) is 4.21. The molecule has 0 aliphatic carbocycles. The maximum atomic E-state index is 13.4. The lowest BCUT2D eigenvalue weighted by molar-refractivity contribution is -0.137. The zero-order chi connectivity index (χ0) is 20.5. The van der Waals surface area contributed by atoms with E-state index in [1.165, 1.54) is 15.9 Å². The van der Waals surface area contributed by atoms with Crippen molar-refractivity contribution in [3.63, 3.8) is 0 Å². The van der Waals surface area contributed by atoms with Crippen LogP contribution in [0.2, 0.25) is 0 Å². The highest BCUT2D eigenvalue weighted by atomic mass is 19.4. The van der Waals surface area contributed by atoms with Gasteiger partial charge in [-0.15, -0.1) is 0 Å². The highest BCUT2D eigenvalue weighted by Gasteiger charge is 2.32. The van der Waals surface area contributed by atoms with Crippen molar-refractivity contribution < 1.29 is 31.5 Å². The lowest BCUT2D eigenvalue weighted by Gasteiger charge is -2.18. The summed E-state index contributed by atoms with van der Waals surface area (Å²) in [5.74, 6) is -2.73. The van der Waals surface area contributed by atoms with E-state index in [1.807, 2.05) is 0 Å². The van der Waals surface area contributed by atoms with Crippen molar-refractivity contribution in [2.24, 2.45) is 0 Å². The van der Waals surface area contributed by atoms with Gasteiger partial charge < -0.3 is 10.2 Å². The average molecular weight is 399 g/mol. The molecule has 1 aliphatic heterocycles. The summed E-state index contributed by atoms with van der Waals surface area (Å²) >= 11 is 0. The van der Waals surface area contributed by atoms with Gasteiger partial charge in [0.15, 0.2) is 11.6 Å². The van der Waals surface area contributed by atoms with Crippen LogP contribution in [0.5, 0.6) is 0 Å². The lowest BCUT2D eigenvalue weighted by Crippen LogP contribution is -2.37. The number of anilines is 2. The maximum absolute atomic E-state index is 13.4. The van der Waals surface area contributed by atoms with Gasteiger partial charge in [0.1, 0.15) is 6.54 Å². The van der Waals surface area contributed by atoms with Crippen molar-refractivity contribution in [3.8, 4) is 0 Å². The number of rotatable bonds is 4. The molecular weight excluding hydrogens is 385 g/mol. The van der Waals surface area contributed by atoms with Crippen molar-refractivity contribution in [2.75, 3.05) is 29.9 Å². The molecule has 0 spiro atoms. The number of alkyl halides is 3. The van der Waals surface area contributed by atoms with Crippen LogP contribution in [0.25, 0.3) is 0 Å². The number of nitrogens with zero attached hydrogens (tertiary/aromatic N) is 2. The number of carbonyl (C=O) groups is 2. The molecule has 2 aromatic carbocycles. The second kappa shape index (κ2) is 7.45. The molecule has 0 aromatic heterocycles. The summed E-state index contributed by atoms with van der Waals surface area (Å²) in [4.78, 5) is 26.9.